The first-order valence-corrected chi connectivity index (χ1v) is 7.46. The van der Waals surface area contributed by atoms with E-state index in [4.69, 9.17) is 0 Å². The SMILES string of the molecule is Cc1ccc(-c2nncs2)cc1NCc1ccc(F)cc1. The fraction of sp³-hybridized carbons (Fsp3) is 0.125. The number of halogens is 1. The van der Waals surface area contributed by atoms with E-state index in [0.29, 0.717) is 6.54 Å². The van der Waals surface area contributed by atoms with Gasteiger partial charge >= 0.3 is 0 Å². The highest BCUT2D eigenvalue weighted by Gasteiger charge is 2.05. The summed E-state index contributed by atoms with van der Waals surface area (Å²) in [7, 11) is 0. The molecule has 5 heteroatoms. The largest absolute Gasteiger partial charge is 0.381 e. The van der Waals surface area contributed by atoms with Crippen LogP contribution in [-0.2, 0) is 6.54 Å². The third-order valence-corrected chi connectivity index (χ3v) is 3.98. The van der Waals surface area contributed by atoms with Crippen LogP contribution in [0, 0.1) is 12.7 Å². The van der Waals surface area contributed by atoms with Gasteiger partial charge in [-0.15, -0.1) is 10.2 Å². The minimum Gasteiger partial charge on any atom is -0.381 e. The maximum absolute atomic E-state index is 12.9. The Hall–Kier alpha value is -2.27. The number of anilines is 1. The predicted molar refractivity (Wildman–Crippen MR) is 83.8 cm³/mol. The molecular weight excluding hydrogens is 285 g/mol. The molecule has 3 rings (SSSR count). The van der Waals surface area contributed by atoms with Gasteiger partial charge in [0.1, 0.15) is 16.3 Å². The van der Waals surface area contributed by atoms with E-state index < -0.39 is 0 Å². The van der Waals surface area contributed by atoms with Crippen molar-refractivity contribution in [2.24, 2.45) is 0 Å². The number of aryl methyl sites for hydroxylation is 1. The molecule has 3 aromatic rings. The van der Waals surface area contributed by atoms with Gasteiger partial charge in [-0.2, -0.15) is 0 Å². The van der Waals surface area contributed by atoms with Crippen molar-refractivity contribution in [1.82, 2.24) is 10.2 Å². The van der Waals surface area contributed by atoms with E-state index in [0.717, 1.165) is 27.4 Å². The Bertz CT molecular complexity index is 724. The quantitative estimate of drug-likeness (QED) is 0.782. The molecule has 0 saturated heterocycles. The molecule has 0 amide bonds. The Morgan fingerprint density at radius 2 is 1.95 bits per heavy atom. The van der Waals surface area contributed by atoms with Gasteiger partial charge in [-0.1, -0.05) is 35.6 Å². The van der Waals surface area contributed by atoms with Crippen molar-refractivity contribution >= 4 is 17.0 Å². The van der Waals surface area contributed by atoms with Crippen LogP contribution in [-0.4, -0.2) is 10.2 Å². The molecule has 0 aliphatic carbocycles. The number of hydrogen-bond donors (Lipinski definition) is 1. The van der Waals surface area contributed by atoms with Gasteiger partial charge in [-0.3, -0.25) is 0 Å². The molecule has 1 N–H and O–H groups in total. The Morgan fingerprint density at radius 1 is 1.14 bits per heavy atom. The van der Waals surface area contributed by atoms with Crippen LogP contribution in [0.1, 0.15) is 11.1 Å². The van der Waals surface area contributed by atoms with Crippen LogP contribution in [0.4, 0.5) is 10.1 Å². The minimum absolute atomic E-state index is 0.215. The Balaban J connectivity index is 1.78. The fourth-order valence-electron chi connectivity index (χ4n) is 2.04. The van der Waals surface area contributed by atoms with Crippen molar-refractivity contribution in [3.63, 3.8) is 0 Å². The summed E-state index contributed by atoms with van der Waals surface area (Å²) in [5.74, 6) is -0.215. The number of nitrogens with one attached hydrogen (secondary N) is 1. The number of nitrogens with zero attached hydrogens (tertiary/aromatic N) is 2. The Morgan fingerprint density at radius 3 is 2.67 bits per heavy atom. The highest BCUT2D eigenvalue weighted by Crippen LogP contribution is 2.26. The topological polar surface area (TPSA) is 37.8 Å². The first-order chi connectivity index (χ1) is 10.2. The summed E-state index contributed by atoms with van der Waals surface area (Å²) in [6.07, 6.45) is 0. The van der Waals surface area contributed by atoms with E-state index in [1.165, 1.54) is 23.5 Å². The van der Waals surface area contributed by atoms with Crippen LogP contribution < -0.4 is 5.32 Å². The smallest absolute Gasteiger partial charge is 0.147 e. The third kappa shape index (κ3) is 3.25. The van der Waals surface area contributed by atoms with E-state index in [1.54, 1.807) is 17.6 Å². The maximum atomic E-state index is 12.9. The lowest BCUT2D eigenvalue weighted by Gasteiger charge is -2.11. The van der Waals surface area contributed by atoms with Gasteiger partial charge in [-0.25, -0.2) is 4.39 Å². The van der Waals surface area contributed by atoms with E-state index >= 15 is 0 Å². The van der Waals surface area contributed by atoms with E-state index in [-0.39, 0.29) is 5.82 Å². The second-order valence-electron chi connectivity index (χ2n) is 4.75. The number of benzene rings is 2. The van der Waals surface area contributed by atoms with Crippen LogP contribution >= 0.6 is 11.3 Å². The van der Waals surface area contributed by atoms with E-state index in [1.807, 2.05) is 6.07 Å². The highest BCUT2D eigenvalue weighted by molar-refractivity contribution is 7.12. The highest BCUT2D eigenvalue weighted by atomic mass is 32.1. The summed E-state index contributed by atoms with van der Waals surface area (Å²) in [6, 6.07) is 12.7. The van der Waals surface area contributed by atoms with E-state index in [9.17, 15) is 4.39 Å². The number of aromatic nitrogens is 2. The van der Waals surface area contributed by atoms with Crippen molar-refractivity contribution in [1.29, 1.82) is 0 Å². The molecule has 0 fully saturated rings. The van der Waals surface area contributed by atoms with E-state index in [2.05, 4.69) is 34.6 Å². The maximum Gasteiger partial charge on any atom is 0.147 e. The molecule has 0 aliphatic heterocycles. The van der Waals surface area contributed by atoms with Crippen molar-refractivity contribution < 1.29 is 4.39 Å². The van der Waals surface area contributed by atoms with Gasteiger partial charge < -0.3 is 5.32 Å². The predicted octanol–water partition coefficient (Wildman–Crippen LogP) is 4.26. The van der Waals surface area contributed by atoms with Gasteiger partial charge in [0.25, 0.3) is 0 Å². The monoisotopic (exact) mass is 299 g/mol. The zero-order valence-corrected chi connectivity index (χ0v) is 12.3. The zero-order valence-electron chi connectivity index (χ0n) is 11.5. The van der Waals surface area contributed by atoms with Gasteiger partial charge in [0.15, 0.2) is 0 Å². The van der Waals surface area contributed by atoms with Gasteiger partial charge in [0, 0.05) is 17.8 Å². The second kappa shape index (κ2) is 6.01. The molecule has 3 nitrogen and oxygen atoms in total. The molecule has 106 valence electrons. The molecule has 0 atom stereocenters. The fourth-order valence-corrected chi connectivity index (χ4v) is 2.60. The normalized spacial score (nSPS) is 10.6. The van der Waals surface area contributed by atoms with Crippen molar-refractivity contribution in [3.05, 3.63) is 64.9 Å². The summed E-state index contributed by atoms with van der Waals surface area (Å²) in [5, 5.41) is 12.2. The molecule has 21 heavy (non-hydrogen) atoms. The summed E-state index contributed by atoms with van der Waals surface area (Å²) in [6.45, 7) is 2.71. The average Bonchev–Trinajstić information content (AvgIpc) is 3.02. The zero-order chi connectivity index (χ0) is 14.7. The molecule has 1 aromatic heterocycles. The number of hydrogen-bond acceptors (Lipinski definition) is 4. The first-order valence-electron chi connectivity index (χ1n) is 6.58. The summed E-state index contributed by atoms with van der Waals surface area (Å²) in [5.41, 5.74) is 6.01. The van der Waals surface area contributed by atoms with Crippen LogP contribution in [0.15, 0.2) is 48.0 Å². The summed E-state index contributed by atoms with van der Waals surface area (Å²) in [4.78, 5) is 0. The summed E-state index contributed by atoms with van der Waals surface area (Å²) < 4.78 is 12.9. The molecule has 0 spiro atoms. The molecule has 2 aromatic carbocycles. The molecule has 0 bridgehead atoms. The second-order valence-corrected chi connectivity index (χ2v) is 5.59. The lowest BCUT2D eigenvalue weighted by atomic mass is 10.1. The Labute approximate surface area is 126 Å². The molecule has 0 aliphatic rings. The summed E-state index contributed by atoms with van der Waals surface area (Å²) >= 11 is 1.51. The van der Waals surface area contributed by atoms with Gasteiger partial charge in [0.2, 0.25) is 0 Å². The van der Waals surface area contributed by atoms with Crippen molar-refractivity contribution in [2.45, 2.75) is 13.5 Å². The van der Waals surface area contributed by atoms with Crippen molar-refractivity contribution in [2.75, 3.05) is 5.32 Å². The molecule has 0 saturated carbocycles. The van der Waals surface area contributed by atoms with Crippen LogP contribution in [0.2, 0.25) is 0 Å². The molecule has 0 radical (unpaired) electrons. The first kappa shape index (κ1) is 13.7. The Kier molecular flexibility index (Phi) is 3.92. The average molecular weight is 299 g/mol. The lowest BCUT2D eigenvalue weighted by molar-refractivity contribution is 0.627. The van der Waals surface area contributed by atoms with Crippen LogP contribution in [0.25, 0.3) is 10.6 Å². The van der Waals surface area contributed by atoms with Gasteiger partial charge in [-0.05, 0) is 36.2 Å². The lowest BCUT2D eigenvalue weighted by Crippen LogP contribution is -2.01. The number of rotatable bonds is 4. The van der Waals surface area contributed by atoms with Gasteiger partial charge in [0.05, 0.1) is 0 Å². The van der Waals surface area contributed by atoms with Crippen LogP contribution in [0.3, 0.4) is 0 Å². The minimum atomic E-state index is -0.215. The molecular formula is C16H14FN3S. The molecule has 0 unspecified atom stereocenters. The van der Waals surface area contributed by atoms with Crippen LogP contribution in [0.5, 0.6) is 0 Å². The van der Waals surface area contributed by atoms with Crippen molar-refractivity contribution in [3.8, 4) is 10.6 Å². The molecule has 1 heterocycles. The standard InChI is InChI=1S/C16H14FN3S/c1-11-2-5-13(16-20-19-10-21-16)8-15(11)18-9-12-3-6-14(17)7-4-12/h2-8,10,18H,9H2,1H3. The third-order valence-electron chi connectivity index (χ3n) is 3.24.